The highest BCUT2D eigenvalue weighted by Gasteiger charge is 2.21. The smallest absolute Gasteiger partial charge is 0.0555 e. The second-order valence-electron chi connectivity index (χ2n) is 12.2. The van der Waals surface area contributed by atoms with Crippen molar-refractivity contribution in [3.8, 4) is 5.69 Å². The molecule has 2 heterocycles. The quantitative estimate of drug-likeness (QED) is 0.191. The fourth-order valence-corrected chi connectivity index (χ4v) is 8.67. The number of hydrogen-bond acceptors (Lipinski definition) is 2. The van der Waals surface area contributed by atoms with Crippen LogP contribution < -0.4 is 4.90 Å². The van der Waals surface area contributed by atoms with Crippen molar-refractivity contribution in [2.45, 2.75) is 0 Å². The molecule has 0 saturated heterocycles. The average Bonchev–Trinajstić information content (AvgIpc) is 3.68. The van der Waals surface area contributed by atoms with E-state index in [4.69, 9.17) is 0 Å². The molecule has 0 aliphatic heterocycles. The van der Waals surface area contributed by atoms with E-state index in [0.29, 0.717) is 0 Å². The van der Waals surface area contributed by atoms with Crippen LogP contribution in [0.3, 0.4) is 0 Å². The number of aromatic nitrogens is 1. The van der Waals surface area contributed by atoms with Gasteiger partial charge in [0, 0.05) is 53.4 Å². The molecule has 0 saturated carbocycles. The van der Waals surface area contributed by atoms with E-state index < -0.39 is 0 Å². The van der Waals surface area contributed by atoms with Crippen molar-refractivity contribution in [2.75, 3.05) is 4.90 Å². The zero-order chi connectivity index (χ0) is 30.9. The van der Waals surface area contributed by atoms with Gasteiger partial charge in [-0.05, 0) is 76.8 Å². The molecule has 0 radical (unpaired) electrons. The van der Waals surface area contributed by atoms with E-state index in [9.17, 15) is 0 Å². The highest BCUT2D eigenvalue weighted by molar-refractivity contribution is 7.26. The van der Waals surface area contributed by atoms with Gasteiger partial charge >= 0.3 is 0 Å². The Bertz CT molecular complexity index is 2800. The molecule has 220 valence electrons. The molecule has 0 unspecified atom stereocenters. The summed E-state index contributed by atoms with van der Waals surface area (Å²) in [5, 5.41) is 10.1. The van der Waals surface area contributed by atoms with Crippen LogP contribution in [0.2, 0.25) is 0 Å². The summed E-state index contributed by atoms with van der Waals surface area (Å²) in [6, 6.07) is 61.9. The number of nitrogens with zero attached hydrogens (tertiary/aromatic N) is 2. The van der Waals surface area contributed by atoms with Crippen LogP contribution in [0, 0.1) is 0 Å². The van der Waals surface area contributed by atoms with Crippen LogP contribution >= 0.6 is 11.3 Å². The summed E-state index contributed by atoms with van der Waals surface area (Å²) < 4.78 is 5.08. The molecule has 0 fully saturated rings. The molecule has 3 heteroatoms. The highest BCUT2D eigenvalue weighted by Crippen LogP contribution is 2.46. The van der Waals surface area contributed by atoms with Crippen molar-refractivity contribution in [2.24, 2.45) is 0 Å². The summed E-state index contributed by atoms with van der Waals surface area (Å²) in [6.07, 6.45) is 0. The topological polar surface area (TPSA) is 8.17 Å². The Morgan fingerprint density at radius 3 is 2.00 bits per heavy atom. The Morgan fingerprint density at radius 1 is 0.426 bits per heavy atom. The lowest BCUT2D eigenvalue weighted by molar-refractivity contribution is 1.18. The number of benzene rings is 8. The van der Waals surface area contributed by atoms with Crippen molar-refractivity contribution >= 4 is 91.9 Å². The molecule has 0 amide bonds. The van der Waals surface area contributed by atoms with Gasteiger partial charge in [-0.3, -0.25) is 0 Å². The second kappa shape index (κ2) is 10.3. The van der Waals surface area contributed by atoms with Gasteiger partial charge in [-0.1, -0.05) is 109 Å². The molecule has 0 atom stereocenters. The van der Waals surface area contributed by atoms with Crippen LogP contribution in [0.15, 0.2) is 170 Å². The van der Waals surface area contributed by atoms with Crippen LogP contribution in [0.4, 0.5) is 17.1 Å². The third-order valence-electron chi connectivity index (χ3n) is 9.53. The van der Waals surface area contributed by atoms with Gasteiger partial charge in [0.25, 0.3) is 0 Å². The lowest BCUT2D eigenvalue weighted by atomic mass is 10.0. The minimum atomic E-state index is 1.13. The molecule has 0 bridgehead atoms. The molecule has 10 rings (SSSR count). The SMILES string of the molecule is c1ccc(-n2c3ccc(N(c4ccc5ccccc5c4)c4cccc5ccccc45)cc3c3c4sc5ccccc5c4ccc32)cc1. The van der Waals surface area contributed by atoms with Gasteiger partial charge in [0.15, 0.2) is 0 Å². The van der Waals surface area contributed by atoms with Gasteiger partial charge in [0.2, 0.25) is 0 Å². The first-order valence-electron chi connectivity index (χ1n) is 16.0. The fourth-order valence-electron chi connectivity index (χ4n) is 7.41. The number of hydrogen-bond donors (Lipinski definition) is 0. The van der Waals surface area contributed by atoms with Gasteiger partial charge in [0.1, 0.15) is 0 Å². The predicted molar refractivity (Wildman–Crippen MR) is 203 cm³/mol. The average molecular weight is 617 g/mol. The third kappa shape index (κ3) is 4.04. The first-order valence-corrected chi connectivity index (χ1v) is 16.8. The Kier molecular flexibility index (Phi) is 5.78. The Labute approximate surface area is 276 Å². The summed E-state index contributed by atoms with van der Waals surface area (Å²) in [5.74, 6) is 0. The van der Waals surface area contributed by atoms with E-state index in [2.05, 4.69) is 179 Å². The van der Waals surface area contributed by atoms with E-state index in [1.165, 1.54) is 69.2 Å². The Hall–Kier alpha value is -5.90. The van der Waals surface area contributed by atoms with Crippen molar-refractivity contribution in [1.29, 1.82) is 0 Å². The largest absolute Gasteiger partial charge is 0.310 e. The lowest BCUT2D eigenvalue weighted by Gasteiger charge is -2.27. The van der Waals surface area contributed by atoms with Crippen LogP contribution in [0.25, 0.3) is 69.2 Å². The van der Waals surface area contributed by atoms with E-state index in [1.54, 1.807) is 0 Å². The van der Waals surface area contributed by atoms with Crippen LogP contribution in [0.5, 0.6) is 0 Å². The summed E-state index contributed by atoms with van der Waals surface area (Å²) in [4.78, 5) is 2.44. The molecule has 8 aromatic carbocycles. The number of fused-ring (bicyclic) bond motifs is 9. The van der Waals surface area contributed by atoms with Crippen molar-refractivity contribution in [3.63, 3.8) is 0 Å². The number of thiophene rings is 1. The minimum Gasteiger partial charge on any atom is -0.310 e. The summed E-state index contributed by atoms with van der Waals surface area (Å²) in [5.41, 5.74) is 7.03. The number of para-hydroxylation sites is 1. The van der Waals surface area contributed by atoms with E-state index in [0.717, 1.165) is 17.1 Å². The predicted octanol–water partition coefficient (Wildman–Crippen LogP) is 12.9. The molecule has 47 heavy (non-hydrogen) atoms. The van der Waals surface area contributed by atoms with E-state index in [-0.39, 0.29) is 0 Å². The first-order chi connectivity index (χ1) is 23.3. The minimum absolute atomic E-state index is 1.13. The summed E-state index contributed by atoms with van der Waals surface area (Å²) in [6.45, 7) is 0. The van der Waals surface area contributed by atoms with Crippen LogP contribution in [-0.4, -0.2) is 4.57 Å². The fraction of sp³-hybridized carbons (Fsp3) is 0. The molecule has 0 aliphatic carbocycles. The van der Waals surface area contributed by atoms with Gasteiger partial charge < -0.3 is 9.47 Å². The van der Waals surface area contributed by atoms with Crippen LogP contribution in [0.1, 0.15) is 0 Å². The Morgan fingerprint density at radius 2 is 1.11 bits per heavy atom. The highest BCUT2D eigenvalue weighted by atomic mass is 32.1. The molecular weight excluding hydrogens is 589 g/mol. The molecule has 0 spiro atoms. The lowest BCUT2D eigenvalue weighted by Crippen LogP contribution is -2.10. The van der Waals surface area contributed by atoms with Crippen molar-refractivity contribution in [1.82, 2.24) is 4.57 Å². The summed E-state index contributed by atoms with van der Waals surface area (Å²) >= 11 is 1.90. The Balaban J connectivity index is 1.32. The maximum absolute atomic E-state index is 2.44. The molecule has 0 N–H and O–H groups in total. The van der Waals surface area contributed by atoms with E-state index in [1.807, 2.05) is 11.3 Å². The van der Waals surface area contributed by atoms with Crippen molar-refractivity contribution < 1.29 is 0 Å². The van der Waals surface area contributed by atoms with E-state index >= 15 is 0 Å². The van der Waals surface area contributed by atoms with Crippen LogP contribution in [-0.2, 0) is 0 Å². The number of anilines is 3. The second-order valence-corrected chi connectivity index (χ2v) is 13.2. The zero-order valence-electron chi connectivity index (χ0n) is 25.5. The zero-order valence-corrected chi connectivity index (χ0v) is 26.3. The number of rotatable bonds is 4. The molecule has 2 nitrogen and oxygen atoms in total. The normalized spacial score (nSPS) is 11.8. The monoisotopic (exact) mass is 616 g/mol. The molecule has 0 aliphatic rings. The first kappa shape index (κ1) is 26.3. The maximum atomic E-state index is 2.44. The third-order valence-corrected chi connectivity index (χ3v) is 10.7. The maximum Gasteiger partial charge on any atom is 0.0555 e. The summed E-state index contributed by atoms with van der Waals surface area (Å²) in [7, 11) is 0. The molecule has 2 aromatic heterocycles. The van der Waals surface area contributed by atoms with Crippen molar-refractivity contribution in [3.05, 3.63) is 170 Å². The van der Waals surface area contributed by atoms with Gasteiger partial charge in [-0.15, -0.1) is 11.3 Å². The van der Waals surface area contributed by atoms with Gasteiger partial charge in [-0.25, -0.2) is 0 Å². The van der Waals surface area contributed by atoms with Gasteiger partial charge in [-0.2, -0.15) is 0 Å². The molecule has 10 aromatic rings. The van der Waals surface area contributed by atoms with Gasteiger partial charge in [0.05, 0.1) is 16.7 Å². The standard InChI is InChI=1S/C44H28N2S/c1-2-15-32(16-3-1)46-40-25-23-34(28-38(40)43-41(46)26-24-37-36-18-8-9-20-42(36)47-44(37)43)45(33-22-21-29-11-4-5-13-31(29)27-33)39-19-10-14-30-12-6-7-17-35(30)39/h1-28H. The molecular formula is C44H28N2S.